The quantitative estimate of drug-likeness (QED) is 0.316. The number of hydrogen-bond donors (Lipinski definition) is 1. The van der Waals surface area contributed by atoms with Crippen LogP contribution in [0.2, 0.25) is 0 Å². The molecule has 4 aromatic carbocycles. The van der Waals surface area contributed by atoms with Gasteiger partial charge >= 0.3 is 0 Å². The van der Waals surface area contributed by atoms with Crippen molar-refractivity contribution in [2.45, 2.75) is 30.8 Å². The minimum absolute atomic E-state index is 0.0651. The van der Waals surface area contributed by atoms with Crippen molar-refractivity contribution in [1.82, 2.24) is 0 Å². The maximum Gasteiger partial charge on any atom is 0.199 e. The van der Waals surface area contributed by atoms with Crippen LogP contribution in [0.15, 0.2) is 97.1 Å². The van der Waals surface area contributed by atoms with Crippen LogP contribution in [0, 0.1) is 12.8 Å². The molecule has 0 aromatic heterocycles. The normalized spacial score (nSPS) is 22.9. The summed E-state index contributed by atoms with van der Waals surface area (Å²) in [4.78, 5) is 41.9. The van der Waals surface area contributed by atoms with E-state index >= 15 is 0 Å². The van der Waals surface area contributed by atoms with Crippen LogP contribution in [-0.2, 0) is 5.60 Å². The predicted octanol–water partition coefficient (Wildman–Crippen LogP) is 6.04. The molecule has 0 bridgehead atoms. The zero-order valence-corrected chi connectivity index (χ0v) is 21.8. The summed E-state index contributed by atoms with van der Waals surface area (Å²) in [5.74, 6) is -2.33. The van der Waals surface area contributed by atoms with E-state index in [9.17, 15) is 19.5 Å². The van der Waals surface area contributed by atoms with Crippen LogP contribution >= 0.6 is 0 Å². The number of Topliss-reactive ketones (excluding diaryl/α,β-unsaturated/α-hetero) is 3. The summed E-state index contributed by atoms with van der Waals surface area (Å²) in [6.07, 6.45) is 0.0651. The minimum Gasteiger partial charge on any atom is -0.497 e. The Balaban J connectivity index is 1.55. The van der Waals surface area contributed by atoms with Crippen molar-refractivity contribution < 1.29 is 24.2 Å². The molecule has 6 rings (SSSR count). The summed E-state index contributed by atoms with van der Waals surface area (Å²) >= 11 is 0. The summed E-state index contributed by atoms with van der Waals surface area (Å²) in [6, 6.07) is 28.5. The molecule has 1 N–H and O–H groups in total. The molecule has 39 heavy (non-hydrogen) atoms. The van der Waals surface area contributed by atoms with E-state index in [1.807, 2.05) is 43.3 Å². The largest absolute Gasteiger partial charge is 0.497 e. The van der Waals surface area contributed by atoms with E-state index in [0.717, 1.165) is 5.56 Å². The van der Waals surface area contributed by atoms with Gasteiger partial charge in [0.1, 0.15) is 5.75 Å². The SMILES string of the molecule is COc1ccc(C(=O)[C@@H]2[C@@H](CC(=O)c3ccc(C)cc3)c3ccccc3[C@@]3(O)C(=O)c4ccccc4[C@@H]23)cc1. The van der Waals surface area contributed by atoms with Gasteiger partial charge in [-0.1, -0.05) is 78.4 Å². The second-order valence-electron chi connectivity index (χ2n) is 10.5. The Hall–Kier alpha value is -4.35. The molecule has 0 heterocycles. The summed E-state index contributed by atoms with van der Waals surface area (Å²) in [5.41, 5.74) is 2.33. The number of aliphatic hydroxyl groups is 1. The third-order valence-corrected chi connectivity index (χ3v) is 8.36. The van der Waals surface area contributed by atoms with Crippen LogP contribution in [0.5, 0.6) is 5.75 Å². The fourth-order valence-corrected chi connectivity index (χ4v) is 6.46. The number of benzene rings is 4. The van der Waals surface area contributed by atoms with Crippen LogP contribution in [0.25, 0.3) is 0 Å². The Labute approximate surface area is 227 Å². The molecule has 0 fully saturated rings. The molecule has 194 valence electrons. The molecule has 4 atom stereocenters. The van der Waals surface area contributed by atoms with Gasteiger partial charge in [-0.3, -0.25) is 14.4 Å². The Morgan fingerprint density at radius 1 is 0.821 bits per heavy atom. The van der Waals surface area contributed by atoms with E-state index in [0.29, 0.717) is 39.1 Å². The third-order valence-electron chi connectivity index (χ3n) is 8.36. The van der Waals surface area contributed by atoms with Crippen LogP contribution in [0.3, 0.4) is 0 Å². The van der Waals surface area contributed by atoms with Gasteiger partial charge in [0.2, 0.25) is 0 Å². The highest BCUT2D eigenvalue weighted by molar-refractivity contribution is 6.11. The van der Waals surface area contributed by atoms with Crippen LogP contribution < -0.4 is 4.74 Å². The number of fused-ring (bicyclic) bond motifs is 5. The van der Waals surface area contributed by atoms with Gasteiger partial charge in [-0.25, -0.2) is 0 Å². The maximum atomic E-state index is 14.4. The lowest BCUT2D eigenvalue weighted by Crippen LogP contribution is -2.48. The van der Waals surface area contributed by atoms with Crippen molar-refractivity contribution in [1.29, 1.82) is 0 Å². The van der Waals surface area contributed by atoms with Crippen molar-refractivity contribution >= 4 is 17.3 Å². The second kappa shape index (κ2) is 9.44. The van der Waals surface area contributed by atoms with E-state index in [1.165, 1.54) is 0 Å². The molecule has 0 aliphatic heterocycles. The summed E-state index contributed by atoms with van der Waals surface area (Å²) < 4.78 is 5.28. The number of hydrogen-bond acceptors (Lipinski definition) is 5. The fraction of sp³-hybridized carbons (Fsp3) is 0.206. The summed E-state index contributed by atoms with van der Waals surface area (Å²) in [7, 11) is 1.56. The van der Waals surface area contributed by atoms with Gasteiger partial charge in [0.15, 0.2) is 23.0 Å². The highest BCUT2D eigenvalue weighted by Crippen LogP contribution is 2.60. The average molecular weight is 517 g/mol. The number of carbonyl (C=O) groups excluding carboxylic acids is 3. The third kappa shape index (κ3) is 3.84. The molecule has 0 saturated carbocycles. The van der Waals surface area contributed by atoms with Crippen molar-refractivity contribution in [2.24, 2.45) is 5.92 Å². The van der Waals surface area contributed by atoms with E-state index < -0.39 is 29.1 Å². The molecule has 0 unspecified atom stereocenters. The summed E-state index contributed by atoms with van der Waals surface area (Å²) in [5, 5.41) is 12.3. The Bertz CT molecular complexity index is 1600. The molecular weight excluding hydrogens is 488 g/mol. The molecule has 4 aromatic rings. The average Bonchev–Trinajstić information content (AvgIpc) is 3.20. The smallest absolute Gasteiger partial charge is 0.199 e. The minimum atomic E-state index is -1.91. The zero-order chi connectivity index (χ0) is 27.3. The highest BCUT2D eigenvalue weighted by atomic mass is 16.5. The number of aryl methyl sites for hydroxylation is 1. The zero-order valence-electron chi connectivity index (χ0n) is 21.8. The number of rotatable bonds is 6. The molecule has 0 saturated heterocycles. The van der Waals surface area contributed by atoms with Gasteiger partial charge in [0.25, 0.3) is 0 Å². The van der Waals surface area contributed by atoms with E-state index in [1.54, 1.807) is 67.8 Å². The van der Waals surface area contributed by atoms with Crippen LogP contribution in [0.1, 0.15) is 71.6 Å². The number of carbonyl (C=O) groups is 3. The fourth-order valence-electron chi connectivity index (χ4n) is 6.46. The van der Waals surface area contributed by atoms with Gasteiger partial charge in [-0.05, 0) is 47.9 Å². The van der Waals surface area contributed by atoms with E-state index in [4.69, 9.17) is 4.74 Å². The first-order valence-electron chi connectivity index (χ1n) is 13.1. The van der Waals surface area contributed by atoms with Crippen LogP contribution in [-0.4, -0.2) is 29.6 Å². The molecular formula is C34H28O5. The maximum absolute atomic E-state index is 14.4. The Morgan fingerprint density at radius 2 is 1.44 bits per heavy atom. The first-order valence-corrected chi connectivity index (χ1v) is 13.1. The molecule has 0 radical (unpaired) electrons. The van der Waals surface area contributed by atoms with Gasteiger partial charge in [-0.15, -0.1) is 0 Å². The van der Waals surface area contributed by atoms with E-state index in [2.05, 4.69) is 0 Å². The topological polar surface area (TPSA) is 80.7 Å². The molecule has 0 spiro atoms. The van der Waals surface area contributed by atoms with Gasteiger partial charge in [0.05, 0.1) is 7.11 Å². The standard InChI is InChI=1S/C34H28O5/c1-20-11-13-21(14-12-20)29(35)19-27-24-7-5-6-10-28(24)34(38)31(25-8-3-4-9-26(25)33(34)37)30(27)32(36)22-15-17-23(39-2)18-16-22/h3-18,27,30-31,38H,19H2,1-2H3/t27-,30+,31-,34-/m0/s1. The molecule has 5 nitrogen and oxygen atoms in total. The monoisotopic (exact) mass is 516 g/mol. The first kappa shape index (κ1) is 25.0. The van der Waals surface area contributed by atoms with Gasteiger partial charge in [0, 0.05) is 40.9 Å². The second-order valence-corrected chi connectivity index (χ2v) is 10.5. The molecule has 2 aliphatic carbocycles. The number of ether oxygens (including phenoxy) is 1. The molecule has 2 aliphatic rings. The lowest BCUT2D eigenvalue weighted by Gasteiger charge is -2.45. The summed E-state index contributed by atoms with van der Waals surface area (Å²) in [6.45, 7) is 1.96. The predicted molar refractivity (Wildman–Crippen MR) is 148 cm³/mol. The molecule has 5 heteroatoms. The van der Waals surface area contributed by atoms with Crippen molar-refractivity contribution in [3.8, 4) is 5.75 Å². The lowest BCUT2D eigenvalue weighted by atomic mass is 9.58. The van der Waals surface area contributed by atoms with Gasteiger partial charge < -0.3 is 9.84 Å². The first-order chi connectivity index (χ1) is 18.8. The Morgan fingerprint density at radius 3 is 2.13 bits per heavy atom. The van der Waals surface area contributed by atoms with Crippen molar-refractivity contribution in [2.75, 3.05) is 7.11 Å². The van der Waals surface area contributed by atoms with Crippen molar-refractivity contribution in [3.05, 3.63) is 136 Å². The highest BCUT2D eigenvalue weighted by Gasteiger charge is 2.62. The van der Waals surface area contributed by atoms with Gasteiger partial charge in [-0.2, -0.15) is 0 Å². The number of methoxy groups -OCH3 is 1. The lowest BCUT2D eigenvalue weighted by molar-refractivity contribution is -0.00160. The van der Waals surface area contributed by atoms with Crippen molar-refractivity contribution in [3.63, 3.8) is 0 Å². The number of ketones is 3. The van der Waals surface area contributed by atoms with E-state index in [-0.39, 0.29) is 18.0 Å². The van der Waals surface area contributed by atoms with Crippen LogP contribution in [0.4, 0.5) is 0 Å². The Kier molecular flexibility index (Phi) is 6.04. The molecule has 0 amide bonds.